The molecule has 4 heteroatoms. The van der Waals surface area contributed by atoms with Crippen molar-refractivity contribution in [2.75, 3.05) is 5.73 Å². The molecule has 0 saturated heterocycles. The van der Waals surface area contributed by atoms with E-state index in [9.17, 15) is 4.79 Å². The summed E-state index contributed by atoms with van der Waals surface area (Å²) in [5, 5.41) is 0.979. The zero-order chi connectivity index (χ0) is 15.4. The maximum atomic E-state index is 12.2. The number of pyridine rings is 1. The Balaban J connectivity index is 0.000000775. The molecule has 3 nitrogen and oxygen atoms in total. The zero-order valence-electron chi connectivity index (χ0n) is 13.1. The summed E-state index contributed by atoms with van der Waals surface area (Å²) in [6, 6.07) is 15.3. The van der Waals surface area contributed by atoms with Crippen molar-refractivity contribution < 1.29 is 18.6 Å². The van der Waals surface area contributed by atoms with Crippen LogP contribution in [0.3, 0.4) is 0 Å². The Bertz CT molecular complexity index is 825. The van der Waals surface area contributed by atoms with Crippen LogP contribution in [0.1, 0.15) is 19.4 Å². The van der Waals surface area contributed by atoms with Gasteiger partial charge in [0.15, 0.2) is 0 Å². The molecule has 0 fully saturated rings. The van der Waals surface area contributed by atoms with Crippen molar-refractivity contribution in [1.82, 2.24) is 4.98 Å². The predicted octanol–water partition coefficient (Wildman–Crippen LogP) is 4.11. The molecule has 1 radical (unpaired) electrons. The Morgan fingerprint density at radius 1 is 0.955 bits per heavy atom. The van der Waals surface area contributed by atoms with Crippen LogP contribution in [0.5, 0.6) is 0 Å². The van der Waals surface area contributed by atoms with Gasteiger partial charge in [0.05, 0.1) is 5.52 Å². The van der Waals surface area contributed by atoms with Gasteiger partial charge in [0.2, 0.25) is 0 Å². The number of nitrogens with two attached hydrogens (primary N) is 1. The minimum Gasteiger partial charge on any atom is -0.399 e. The zero-order valence-corrected chi connectivity index (χ0v) is 14.4. The third kappa shape index (κ3) is 3.62. The van der Waals surface area contributed by atoms with Crippen LogP contribution in [0.15, 0.2) is 53.3 Å². The third-order valence-corrected chi connectivity index (χ3v) is 3.31. The molecule has 1 aromatic heterocycles. The smallest absolute Gasteiger partial charge is 0.256 e. The van der Waals surface area contributed by atoms with Gasteiger partial charge >= 0.3 is 0 Å². The Morgan fingerprint density at radius 2 is 1.64 bits per heavy atom. The standard InChI is InChI=1S/C16H14N2O.C2H6.V/c1-10-4-2-3-5-13(10)14-8-11-6-7-12(17)9-15(11)18-16(14)19;1-2;/h2-9H,17H2,1H3,(H,18,19);1-2H3;. The van der Waals surface area contributed by atoms with E-state index in [1.807, 2.05) is 63.2 Å². The Morgan fingerprint density at radius 3 is 2.32 bits per heavy atom. The van der Waals surface area contributed by atoms with Crippen molar-refractivity contribution in [1.29, 1.82) is 0 Å². The van der Waals surface area contributed by atoms with E-state index in [2.05, 4.69) is 4.98 Å². The van der Waals surface area contributed by atoms with E-state index in [4.69, 9.17) is 5.73 Å². The number of rotatable bonds is 1. The topological polar surface area (TPSA) is 58.9 Å². The van der Waals surface area contributed by atoms with E-state index in [-0.39, 0.29) is 24.1 Å². The van der Waals surface area contributed by atoms with Gasteiger partial charge < -0.3 is 10.7 Å². The number of benzene rings is 2. The van der Waals surface area contributed by atoms with Crippen LogP contribution in [0, 0.1) is 6.92 Å². The number of nitrogens with one attached hydrogen (secondary N) is 1. The molecule has 0 aliphatic heterocycles. The summed E-state index contributed by atoms with van der Waals surface area (Å²) in [6.45, 7) is 6.00. The van der Waals surface area contributed by atoms with E-state index >= 15 is 0 Å². The number of H-pyrrole nitrogens is 1. The molecular formula is C18H20N2OV. The van der Waals surface area contributed by atoms with Crippen molar-refractivity contribution >= 4 is 16.6 Å². The number of aromatic nitrogens is 1. The monoisotopic (exact) mass is 331 g/mol. The number of fused-ring (bicyclic) bond motifs is 1. The molecule has 0 unspecified atom stereocenters. The van der Waals surface area contributed by atoms with Gasteiger partial charge in [-0.3, -0.25) is 4.79 Å². The number of aryl methyl sites for hydroxylation is 1. The summed E-state index contributed by atoms with van der Waals surface area (Å²) in [5.74, 6) is 0. The Labute approximate surface area is 142 Å². The van der Waals surface area contributed by atoms with Crippen molar-refractivity contribution in [2.45, 2.75) is 20.8 Å². The van der Waals surface area contributed by atoms with Crippen molar-refractivity contribution in [3.63, 3.8) is 0 Å². The van der Waals surface area contributed by atoms with Gasteiger partial charge in [0.1, 0.15) is 0 Å². The molecule has 3 aromatic rings. The molecular weight excluding hydrogens is 311 g/mol. The summed E-state index contributed by atoms with van der Waals surface area (Å²) in [7, 11) is 0. The Hall–Kier alpha value is -1.97. The molecule has 0 spiro atoms. The summed E-state index contributed by atoms with van der Waals surface area (Å²) in [4.78, 5) is 15.1. The maximum absolute atomic E-state index is 12.2. The van der Waals surface area contributed by atoms with Gasteiger partial charge in [0.25, 0.3) is 5.56 Å². The van der Waals surface area contributed by atoms with Gasteiger partial charge in [-0.2, -0.15) is 0 Å². The molecule has 3 rings (SSSR count). The van der Waals surface area contributed by atoms with Crippen LogP contribution in [-0.2, 0) is 18.6 Å². The van der Waals surface area contributed by atoms with Gasteiger partial charge in [-0.1, -0.05) is 44.2 Å². The molecule has 3 N–H and O–H groups in total. The largest absolute Gasteiger partial charge is 0.399 e. The minimum absolute atomic E-state index is 0. The van der Waals surface area contributed by atoms with E-state index in [0.717, 1.165) is 22.0 Å². The fourth-order valence-corrected chi connectivity index (χ4v) is 2.29. The average molecular weight is 331 g/mol. The number of anilines is 1. The first kappa shape index (κ1) is 18.1. The first-order chi connectivity index (χ1) is 10.1. The van der Waals surface area contributed by atoms with E-state index in [1.165, 1.54) is 0 Å². The van der Waals surface area contributed by atoms with Crippen molar-refractivity contribution in [3.05, 3.63) is 64.4 Å². The molecule has 2 aromatic carbocycles. The van der Waals surface area contributed by atoms with Crippen LogP contribution in [0.4, 0.5) is 5.69 Å². The molecule has 0 aliphatic rings. The SMILES string of the molecule is CC.Cc1ccccc1-c1cc2ccc(N)cc2[nH]c1=O.[V]. The average Bonchev–Trinajstić information content (AvgIpc) is 2.49. The minimum atomic E-state index is -0.0904. The normalized spacial score (nSPS) is 9.59. The maximum Gasteiger partial charge on any atom is 0.256 e. The van der Waals surface area contributed by atoms with Gasteiger partial charge in [-0.05, 0) is 41.6 Å². The van der Waals surface area contributed by atoms with Crippen LogP contribution < -0.4 is 11.3 Å². The summed E-state index contributed by atoms with van der Waals surface area (Å²) in [5.41, 5.74) is 9.78. The molecule has 0 amide bonds. The summed E-state index contributed by atoms with van der Waals surface area (Å²) >= 11 is 0. The Kier molecular flexibility index (Phi) is 6.48. The second-order valence-electron chi connectivity index (χ2n) is 4.67. The molecule has 22 heavy (non-hydrogen) atoms. The molecule has 0 bridgehead atoms. The number of hydrogen-bond donors (Lipinski definition) is 2. The summed E-state index contributed by atoms with van der Waals surface area (Å²) in [6.07, 6.45) is 0. The first-order valence-corrected chi connectivity index (χ1v) is 7.14. The fourth-order valence-electron chi connectivity index (χ4n) is 2.29. The van der Waals surface area contributed by atoms with Gasteiger partial charge in [-0.25, -0.2) is 0 Å². The van der Waals surface area contributed by atoms with Gasteiger partial charge in [0, 0.05) is 29.8 Å². The van der Waals surface area contributed by atoms with Gasteiger partial charge in [-0.15, -0.1) is 0 Å². The molecule has 0 aliphatic carbocycles. The van der Waals surface area contributed by atoms with E-state index in [0.29, 0.717) is 11.3 Å². The fraction of sp³-hybridized carbons (Fsp3) is 0.167. The molecule has 113 valence electrons. The quantitative estimate of drug-likeness (QED) is 0.659. The van der Waals surface area contributed by atoms with Crippen LogP contribution in [-0.4, -0.2) is 4.98 Å². The first-order valence-electron chi connectivity index (χ1n) is 7.14. The summed E-state index contributed by atoms with van der Waals surface area (Å²) < 4.78 is 0. The van der Waals surface area contributed by atoms with Crippen molar-refractivity contribution in [2.24, 2.45) is 0 Å². The molecule has 0 atom stereocenters. The second-order valence-corrected chi connectivity index (χ2v) is 4.67. The third-order valence-electron chi connectivity index (χ3n) is 3.31. The molecule has 0 saturated carbocycles. The molecule has 1 heterocycles. The second kappa shape index (κ2) is 7.88. The number of hydrogen-bond acceptors (Lipinski definition) is 2. The van der Waals surface area contributed by atoms with E-state index < -0.39 is 0 Å². The van der Waals surface area contributed by atoms with Crippen LogP contribution in [0.25, 0.3) is 22.0 Å². The predicted molar refractivity (Wildman–Crippen MR) is 90.5 cm³/mol. The van der Waals surface area contributed by atoms with Crippen LogP contribution in [0.2, 0.25) is 0 Å². The van der Waals surface area contributed by atoms with Crippen molar-refractivity contribution in [3.8, 4) is 11.1 Å². The number of nitrogen functional groups attached to an aromatic ring is 1. The number of aromatic amines is 1. The van der Waals surface area contributed by atoms with Crippen LogP contribution >= 0.6 is 0 Å². The van der Waals surface area contributed by atoms with E-state index in [1.54, 1.807) is 6.07 Å².